The van der Waals surface area contributed by atoms with Gasteiger partial charge in [-0.2, -0.15) is 13.2 Å². The lowest BCUT2D eigenvalue weighted by molar-refractivity contribution is -0.147. The Kier molecular flexibility index (Phi) is 5.56. The first-order chi connectivity index (χ1) is 9.25. The van der Waals surface area contributed by atoms with E-state index in [0.717, 1.165) is 16.3 Å². The summed E-state index contributed by atoms with van der Waals surface area (Å²) in [6.07, 6.45) is -4.58. The molecule has 0 spiro atoms. The van der Waals surface area contributed by atoms with E-state index in [0.29, 0.717) is 0 Å². The average Bonchev–Trinajstić information content (AvgIpc) is 2.74. The zero-order valence-corrected chi connectivity index (χ0v) is 12.0. The van der Waals surface area contributed by atoms with Crippen LogP contribution in [0.1, 0.15) is 5.82 Å². The van der Waals surface area contributed by atoms with E-state index in [1.807, 2.05) is 0 Å². The number of carbonyl (C=O) groups excluding carboxylic acids is 1. The number of nitrogens with zero attached hydrogens (tertiary/aromatic N) is 3. The summed E-state index contributed by atoms with van der Waals surface area (Å²) in [5.74, 6) is -1.72. The molecule has 3 N–H and O–H groups in total. The molecule has 112 valence electrons. The molecule has 0 aliphatic carbocycles. The second kappa shape index (κ2) is 6.74. The lowest BCUT2D eigenvalue weighted by Gasteiger charge is -2.08. The van der Waals surface area contributed by atoms with Crippen molar-refractivity contribution in [2.45, 2.75) is 11.3 Å². The number of thioether (sulfide) groups is 1. The van der Waals surface area contributed by atoms with Gasteiger partial charge >= 0.3 is 6.18 Å². The van der Waals surface area contributed by atoms with Gasteiger partial charge in [0.05, 0.1) is 5.75 Å². The Morgan fingerprint density at radius 1 is 1.40 bits per heavy atom. The molecule has 0 saturated heterocycles. The van der Waals surface area contributed by atoms with Crippen molar-refractivity contribution in [2.24, 2.45) is 7.05 Å². The Morgan fingerprint density at radius 3 is 2.55 bits per heavy atom. The van der Waals surface area contributed by atoms with Crippen molar-refractivity contribution in [3.63, 3.8) is 0 Å². The van der Waals surface area contributed by atoms with E-state index in [1.165, 1.54) is 7.05 Å². The predicted octanol–water partition coefficient (Wildman–Crippen LogP) is 0.0511. The number of hydrogen-bond donors (Lipinski definition) is 3. The van der Waals surface area contributed by atoms with E-state index < -0.39 is 17.9 Å². The highest BCUT2D eigenvalue weighted by atomic mass is 32.2. The SMILES string of the molecule is CNC(=S)NNC(=O)CSc1nnc(C(F)(F)F)n1C. The highest BCUT2D eigenvalue weighted by Gasteiger charge is 2.37. The van der Waals surface area contributed by atoms with Crippen LogP contribution in [0.5, 0.6) is 0 Å². The van der Waals surface area contributed by atoms with Crippen LogP contribution in [0.15, 0.2) is 5.16 Å². The molecule has 1 rings (SSSR count). The third-order valence-electron chi connectivity index (χ3n) is 1.96. The highest BCUT2D eigenvalue weighted by molar-refractivity contribution is 7.99. The molecule has 0 saturated carbocycles. The third-order valence-corrected chi connectivity index (χ3v) is 3.29. The maximum Gasteiger partial charge on any atom is 0.451 e. The van der Waals surface area contributed by atoms with Gasteiger partial charge in [-0.3, -0.25) is 15.6 Å². The number of halogens is 3. The van der Waals surface area contributed by atoms with Crippen molar-refractivity contribution < 1.29 is 18.0 Å². The molecule has 1 aromatic heterocycles. The first-order valence-electron chi connectivity index (χ1n) is 5.11. The minimum atomic E-state index is -4.58. The topological polar surface area (TPSA) is 83.9 Å². The zero-order valence-electron chi connectivity index (χ0n) is 10.4. The Labute approximate surface area is 121 Å². The van der Waals surface area contributed by atoms with Crippen LogP contribution in [0, 0.1) is 0 Å². The molecule has 0 atom stereocenters. The lowest BCUT2D eigenvalue weighted by Crippen LogP contribution is -2.46. The quantitative estimate of drug-likeness (QED) is 0.411. The highest BCUT2D eigenvalue weighted by Crippen LogP contribution is 2.29. The van der Waals surface area contributed by atoms with Crippen LogP contribution in [-0.2, 0) is 18.0 Å². The molecule has 0 fully saturated rings. The van der Waals surface area contributed by atoms with E-state index in [-0.39, 0.29) is 16.0 Å². The predicted molar refractivity (Wildman–Crippen MR) is 69.7 cm³/mol. The number of amides is 1. The molecule has 1 heterocycles. The van der Waals surface area contributed by atoms with Gasteiger partial charge in [-0.1, -0.05) is 11.8 Å². The van der Waals surface area contributed by atoms with Crippen molar-refractivity contribution in [3.05, 3.63) is 5.82 Å². The van der Waals surface area contributed by atoms with Crippen LogP contribution >= 0.6 is 24.0 Å². The van der Waals surface area contributed by atoms with E-state index in [9.17, 15) is 18.0 Å². The van der Waals surface area contributed by atoms with Crippen LogP contribution in [0.25, 0.3) is 0 Å². The van der Waals surface area contributed by atoms with Crippen LogP contribution < -0.4 is 16.2 Å². The van der Waals surface area contributed by atoms with Crippen molar-refractivity contribution in [1.82, 2.24) is 30.9 Å². The Bertz CT molecular complexity index is 503. The van der Waals surface area contributed by atoms with Gasteiger partial charge in [-0.05, 0) is 12.2 Å². The van der Waals surface area contributed by atoms with Crippen LogP contribution in [0.3, 0.4) is 0 Å². The first-order valence-corrected chi connectivity index (χ1v) is 6.51. The number of thiocarbonyl (C=S) groups is 1. The number of aromatic nitrogens is 3. The van der Waals surface area contributed by atoms with Gasteiger partial charge in [0.2, 0.25) is 11.7 Å². The van der Waals surface area contributed by atoms with Crippen molar-refractivity contribution in [2.75, 3.05) is 12.8 Å². The molecule has 0 aromatic carbocycles. The maximum atomic E-state index is 12.5. The van der Waals surface area contributed by atoms with Crippen LogP contribution in [0.2, 0.25) is 0 Å². The summed E-state index contributed by atoms with van der Waals surface area (Å²) in [6, 6.07) is 0. The second-order valence-corrected chi connectivity index (χ2v) is 4.75. The molecule has 0 aliphatic heterocycles. The van der Waals surface area contributed by atoms with Crippen molar-refractivity contribution >= 4 is 35.0 Å². The summed E-state index contributed by atoms with van der Waals surface area (Å²) in [5, 5.41) is 9.19. The largest absolute Gasteiger partial charge is 0.451 e. The van der Waals surface area contributed by atoms with E-state index in [1.54, 1.807) is 7.05 Å². The number of carbonyl (C=O) groups is 1. The van der Waals surface area contributed by atoms with E-state index >= 15 is 0 Å². The molecule has 0 aliphatic rings. The maximum absolute atomic E-state index is 12.5. The standard InChI is InChI=1S/C8H11F3N6OS2/c1-12-6(19)15-13-4(18)3-20-7-16-14-5(17(7)2)8(9,10)11/h3H2,1-2H3,(H,13,18)(H2,12,15,19). The third kappa shape index (κ3) is 4.52. The minimum absolute atomic E-state index is 0.0105. The summed E-state index contributed by atoms with van der Waals surface area (Å²) < 4.78 is 38.2. The van der Waals surface area contributed by atoms with Gasteiger partial charge in [0.1, 0.15) is 0 Å². The number of alkyl halides is 3. The number of hydrogen-bond acceptors (Lipinski definition) is 5. The Morgan fingerprint density at radius 2 is 2.05 bits per heavy atom. The number of nitrogens with one attached hydrogen (secondary N) is 3. The summed E-state index contributed by atoms with van der Waals surface area (Å²) in [7, 11) is 2.74. The van der Waals surface area contributed by atoms with Gasteiger partial charge in [0, 0.05) is 14.1 Å². The first kappa shape index (κ1) is 16.5. The fraction of sp³-hybridized carbons (Fsp3) is 0.500. The summed E-state index contributed by atoms with van der Waals surface area (Å²) in [6.45, 7) is 0. The molecular weight excluding hydrogens is 317 g/mol. The van der Waals surface area contributed by atoms with Gasteiger partial charge in [-0.25, -0.2) is 0 Å². The summed E-state index contributed by atoms with van der Waals surface area (Å²) in [5.41, 5.74) is 4.66. The molecule has 0 radical (unpaired) electrons. The molecule has 7 nitrogen and oxygen atoms in total. The molecule has 0 unspecified atom stereocenters. The molecule has 20 heavy (non-hydrogen) atoms. The summed E-state index contributed by atoms with van der Waals surface area (Å²) >= 11 is 5.55. The smallest absolute Gasteiger partial charge is 0.364 e. The van der Waals surface area contributed by atoms with Crippen LogP contribution in [0.4, 0.5) is 13.2 Å². The number of hydrazine groups is 1. The normalized spacial score (nSPS) is 11.1. The van der Waals surface area contributed by atoms with Gasteiger partial charge in [-0.15, -0.1) is 10.2 Å². The van der Waals surface area contributed by atoms with Crippen molar-refractivity contribution in [3.8, 4) is 0 Å². The number of rotatable bonds is 3. The lowest BCUT2D eigenvalue weighted by atomic mass is 10.6. The molecule has 1 amide bonds. The van der Waals surface area contributed by atoms with Gasteiger partial charge < -0.3 is 9.88 Å². The van der Waals surface area contributed by atoms with Gasteiger partial charge in [0.15, 0.2) is 10.3 Å². The molecular formula is C8H11F3N6OS2. The second-order valence-electron chi connectivity index (χ2n) is 3.40. The fourth-order valence-electron chi connectivity index (χ4n) is 1.04. The van der Waals surface area contributed by atoms with E-state index in [2.05, 4.69) is 26.4 Å². The van der Waals surface area contributed by atoms with Gasteiger partial charge in [0.25, 0.3) is 0 Å². The average molecular weight is 328 g/mol. The minimum Gasteiger partial charge on any atom is -0.364 e. The van der Waals surface area contributed by atoms with Crippen molar-refractivity contribution in [1.29, 1.82) is 0 Å². The Balaban J connectivity index is 2.52. The molecule has 12 heteroatoms. The fourth-order valence-corrected chi connectivity index (χ4v) is 1.80. The zero-order chi connectivity index (χ0) is 15.3. The summed E-state index contributed by atoms with van der Waals surface area (Å²) in [4.78, 5) is 11.4. The molecule has 1 aromatic rings. The van der Waals surface area contributed by atoms with E-state index in [4.69, 9.17) is 12.2 Å². The van der Waals surface area contributed by atoms with Crippen LogP contribution in [-0.4, -0.2) is 38.6 Å². The monoisotopic (exact) mass is 328 g/mol. The Hall–Kier alpha value is -1.56. The molecule has 0 bridgehead atoms.